The molecular weight excluding hydrogens is 690 g/mol. The molecule has 3 aromatic carbocycles. The van der Waals surface area contributed by atoms with Gasteiger partial charge in [0.2, 0.25) is 0 Å². The van der Waals surface area contributed by atoms with Crippen LogP contribution in [0.4, 0.5) is 0 Å². The van der Waals surface area contributed by atoms with E-state index in [9.17, 15) is 0 Å². The zero-order valence-electron chi connectivity index (χ0n) is 16.1. The summed E-state index contributed by atoms with van der Waals surface area (Å²) in [5.74, 6) is 0. The molecular formula is C24H16Cl4N2Th. The van der Waals surface area contributed by atoms with Gasteiger partial charge in [-0.05, 0) is 34.4 Å². The van der Waals surface area contributed by atoms with Gasteiger partial charge in [-0.3, -0.25) is 9.97 Å². The average Bonchev–Trinajstić information content (AvgIpc) is 2.74. The maximum Gasteiger partial charge on any atom is 4.00 e. The summed E-state index contributed by atoms with van der Waals surface area (Å²) in [4.78, 5) is 9.34. The number of hydrogen-bond donors (Lipinski definition) is 0. The van der Waals surface area contributed by atoms with Gasteiger partial charge in [0.25, 0.3) is 0 Å². The van der Waals surface area contributed by atoms with Crippen LogP contribution in [0.25, 0.3) is 44.1 Å². The van der Waals surface area contributed by atoms with E-state index in [1.54, 1.807) is 0 Å². The van der Waals surface area contributed by atoms with E-state index in [0.717, 1.165) is 21.8 Å². The van der Waals surface area contributed by atoms with Crippen LogP contribution in [0, 0.1) is 39.9 Å². The zero-order valence-corrected chi connectivity index (χ0v) is 23.3. The van der Waals surface area contributed by atoms with Crippen molar-refractivity contribution < 1.29 is 89.6 Å². The molecule has 0 unspecified atom stereocenters. The van der Waals surface area contributed by atoms with Crippen LogP contribution < -0.4 is 49.6 Å². The van der Waals surface area contributed by atoms with E-state index in [-0.39, 0.29) is 89.6 Å². The quantitative estimate of drug-likeness (QED) is 0.171. The van der Waals surface area contributed by atoms with Gasteiger partial charge in [-0.25, -0.2) is 0 Å². The Morgan fingerprint density at radius 3 is 1.13 bits per heavy atom. The maximum atomic E-state index is 4.67. The second-order valence-corrected chi connectivity index (χ2v) is 6.31. The Hall–Kier alpha value is -1.04. The minimum absolute atomic E-state index is 0. The minimum Gasteiger partial charge on any atom is -1.00 e. The topological polar surface area (TPSA) is 25.8 Å². The number of aromatic nitrogens is 2. The number of pyridine rings is 2. The first-order chi connectivity index (χ1) is 12.9. The van der Waals surface area contributed by atoms with E-state index < -0.39 is 0 Å². The fraction of sp³-hybridized carbons (Fsp3) is 0. The van der Waals surface area contributed by atoms with E-state index in [2.05, 4.69) is 82.8 Å². The van der Waals surface area contributed by atoms with Gasteiger partial charge in [0.05, 0.1) is 11.0 Å². The molecule has 0 bridgehead atoms. The van der Waals surface area contributed by atoms with Gasteiger partial charge in [-0.1, -0.05) is 72.8 Å². The molecule has 0 saturated heterocycles. The number of rotatable bonds is 2. The monoisotopic (exact) mass is 704 g/mol. The maximum absolute atomic E-state index is 4.67. The van der Waals surface area contributed by atoms with Crippen LogP contribution in [0.15, 0.2) is 97.3 Å². The van der Waals surface area contributed by atoms with Gasteiger partial charge in [0.1, 0.15) is 0 Å². The standard InChI is InChI=1S/C24H16N2.4ClH.Th/c1-3-7-17(8-4-1)19-13-15-25-23-21(19)11-12-22-20(14-16-26-24(22)23)18-9-5-2-6-10-18;;;;;/h1-16H;4*1H;/q;;;;;+4/p-4. The summed E-state index contributed by atoms with van der Waals surface area (Å²) in [6.07, 6.45) is 3.75. The van der Waals surface area contributed by atoms with Gasteiger partial charge >= 0.3 is 39.9 Å². The van der Waals surface area contributed by atoms with Gasteiger partial charge in [0.15, 0.2) is 0 Å². The molecule has 5 aromatic rings. The number of halogens is 4. The van der Waals surface area contributed by atoms with E-state index >= 15 is 0 Å². The molecule has 0 radical (unpaired) electrons. The van der Waals surface area contributed by atoms with Crippen molar-refractivity contribution in [2.24, 2.45) is 0 Å². The van der Waals surface area contributed by atoms with Crippen molar-refractivity contribution in [3.8, 4) is 22.3 Å². The second kappa shape index (κ2) is 13.5. The molecule has 0 amide bonds. The molecule has 0 fully saturated rings. The molecule has 0 aliphatic carbocycles. The third-order valence-corrected chi connectivity index (χ3v) is 4.79. The zero-order chi connectivity index (χ0) is 17.3. The largest absolute Gasteiger partial charge is 4.00 e. The first-order valence-corrected chi connectivity index (χ1v) is 8.69. The van der Waals surface area contributed by atoms with E-state index in [1.165, 1.54) is 22.3 Å². The average molecular weight is 706 g/mol. The van der Waals surface area contributed by atoms with Crippen molar-refractivity contribution in [1.82, 2.24) is 9.97 Å². The van der Waals surface area contributed by atoms with Crippen LogP contribution in [-0.4, -0.2) is 9.97 Å². The van der Waals surface area contributed by atoms with Crippen LogP contribution in [-0.2, 0) is 0 Å². The molecule has 31 heavy (non-hydrogen) atoms. The summed E-state index contributed by atoms with van der Waals surface area (Å²) in [7, 11) is 0. The van der Waals surface area contributed by atoms with Crippen molar-refractivity contribution in [1.29, 1.82) is 0 Å². The Balaban J connectivity index is 0.00000180. The molecule has 7 heteroatoms. The molecule has 0 atom stereocenters. The van der Waals surface area contributed by atoms with E-state index in [1.807, 2.05) is 24.5 Å². The Bertz CT molecular complexity index is 1140. The fourth-order valence-electron chi connectivity index (χ4n) is 3.57. The summed E-state index contributed by atoms with van der Waals surface area (Å²) < 4.78 is 0. The van der Waals surface area contributed by atoms with Crippen LogP contribution in [0.5, 0.6) is 0 Å². The normalized spacial score (nSPS) is 9.29. The fourth-order valence-corrected chi connectivity index (χ4v) is 3.57. The molecule has 0 aliphatic heterocycles. The molecule has 2 aromatic heterocycles. The van der Waals surface area contributed by atoms with E-state index in [4.69, 9.17) is 0 Å². The second-order valence-electron chi connectivity index (χ2n) is 6.31. The Morgan fingerprint density at radius 1 is 0.419 bits per heavy atom. The molecule has 0 spiro atoms. The number of nitrogens with zero attached hydrogens (tertiary/aromatic N) is 2. The first-order valence-electron chi connectivity index (χ1n) is 8.69. The van der Waals surface area contributed by atoms with Crippen molar-refractivity contribution in [3.63, 3.8) is 0 Å². The molecule has 154 valence electrons. The summed E-state index contributed by atoms with van der Waals surface area (Å²) in [6.45, 7) is 0. The summed E-state index contributed by atoms with van der Waals surface area (Å²) in [6, 6.07) is 29.3. The van der Waals surface area contributed by atoms with Crippen molar-refractivity contribution >= 4 is 21.8 Å². The number of hydrogen-bond acceptors (Lipinski definition) is 2. The molecule has 0 saturated carbocycles. The summed E-state index contributed by atoms with van der Waals surface area (Å²) >= 11 is 0. The Morgan fingerprint density at radius 2 is 0.774 bits per heavy atom. The molecule has 2 heterocycles. The molecule has 0 aliphatic rings. The first kappa shape index (κ1) is 30.0. The molecule has 5 rings (SSSR count). The van der Waals surface area contributed by atoms with Crippen molar-refractivity contribution in [3.05, 3.63) is 97.3 Å². The number of fused-ring (bicyclic) bond motifs is 3. The number of benzene rings is 3. The van der Waals surface area contributed by atoms with Crippen molar-refractivity contribution in [2.45, 2.75) is 0 Å². The summed E-state index contributed by atoms with van der Waals surface area (Å²) in [5, 5.41) is 2.26. The third kappa shape index (κ3) is 5.86. The molecule has 0 N–H and O–H groups in total. The van der Waals surface area contributed by atoms with Crippen LogP contribution in [0.3, 0.4) is 0 Å². The molecule has 2 nitrogen and oxygen atoms in total. The van der Waals surface area contributed by atoms with Crippen LogP contribution in [0.2, 0.25) is 0 Å². The Kier molecular flexibility index (Phi) is 13.0. The minimum atomic E-state index is 0. The Labute approximate surface area is 238 Å². The van der Waals surface area contributed by atoms with Gasteiger partial charge in [-0.15, -0.1) is 0 Å². The third-order valence-electron chi connectivity index (χ3n) is 4.79. The van der Waals surface area contributed by atoms with Crippen molar-refractivity contribution in [2.75, 3.05) is 0 Å². The van der Waals surface area contributed by atoms with Crippen LogP contribution in [0.1, 0.15) is 0 Å². The van der Waals surface area contributed by atoms with E-state index in [0.29, 0.717) is 0 Å². The SMILES string of the molecule is [Cl-].[Cl-].[Cl-].[Cl-].[Th+4].c1ccc(-c2ccnc3c2ccc2c(-c4ccccc4)ccnc23)cc1. The predicted molar refractivity (Wildman–Crippen MR) is 108 cm³/mol. The predicted octanol–water partition coefficient (Wildman–Crippen LogP) is -5.87. The summed E-state index contributed by atoms with van der Waals surface area (Å²) in [5.41, 5.74) is 6.65. The van der Waals surface area contributed by atoms with Gasteiger partial charge < -0.3 is 49.6 Å². The van der Waals surface area contributed by atoms with Gasteiger partial charge in [0, 0.05) is 23.2 Å². The smallest absolute Gasteiger partial charge is 1.00 e. The van der Waals surface area contributed by atoms with Crippen LogP contribution >= 0.6 is 0 Å². The van der Waals surface area contributed by atoms with Gasteiger partial charge in [-0.2, -0.15) is 0 Å².